The Kier molecular flexibility index (Phi) is 4.36. The molecule has 1 rings (SSSR count). The Bertz CT molecular complexity index is 237. The number of nitrogens with two attached hydrogens (primary N) is 1. The fraction of sp³-hybridized carbons (Fsp3) is 0.778. The second kappa shape index (κ2) is 5.55. The predicted octanol–water partition coefficient (Wildman–Crippen LogP) is -0.754. The zero-order valence-corrected chi connectivity index (χ0v) is 8.94. The number of carbonyl (C=O) groups excluding carboxylic acids is 2. The fourth-order valence-corrected chi connectivity index (χ4v) is 1.55. The second-order valence-corrected chi connectivity index (χ2v) is 3.38. The van der Waals surface area contributed by atoms with Gasteiger partial charge in [-0.1, -0.05) is 0 Å². The highest BCUT2D eigenvalue weighted by atomic mass is 16.5. The van der Waals surface area contributed by atoms with Crippen LogP contribution in [-0.4, -0.2) is 61.6 Å². The maximum Gasteiger partial charge on any atom is 0.409 e. The minimum atomic E-state index is -0.332. The number of hydrogen-bond acceptors (Lipinski definition) is 4. The first-order valence-corrected chi connectivity index (χ1v) is 4.99. The van der Waals surface area contributed by atoms with Gasteiger partial charge in [0.1, 0.15) is 0 Å². The molecule has 0 aromatic heterocycles. The summed E-state index contributed by atoms with van der Waals surface area (Å²) in [7, 11) is 1.36. The number of methoxy groups -OCH3 is 1. The zero-order valence-electron chi connectivity index (χ0n) is 8.94. The maximum absolute atomic E-state index is 11.5. The Labute approximate surface area is 88.9 Å². The molecule has 2 amide bonds. The largest absolute Gasteiger partial charge is 0.453 e. The van der Waals surface area contributed by atoms with E-state index in [1.54, 1.807) is 9.80 Å². The normalized spacial score (nSPS) is 16.4. The SMILES string of the molecule is COC(=O)N1CCN(C(=O)CCN)CC1. The standard InChI is InChI=1S/C9H17N3O3/c1-15-9(14)12-6-4-11(5-7-12)8(13)2-3-10/h2-7,10H2,1H3. The van der Waals surface area contributed by atoms with E-state index >= 15 is 0 Å². The van der Waals surface area contributed by atoms with Crippen molar-refractivity contribution in [2.75, 3.05) is 39.8 Å². The van der Waals surface area contributed by atoms with E-state index in [0.29, 0.717) is 39.1 Å². The predicted molar refractivity (Wildman–Crippen MR) is 54.2 cm³/mol. The molecule has 0 atom stereocenters. The van der Waals surface area contributed by atoms with Gasteiger partial charge >= 0.3 is 6.09 Å². The van der Waals surface area contributed by atoms with Crippen molar-refractivity contribution in [2.45, 2.75) is 6.42 Å². The van der Waals surface area contributed by atoms with Gasteiger partial charge in [0, 0.05) is 39.1 Å². The highest BCUT2D eigenvalue weighted by molar-refractivity contribution is 5.77. The zero-order chi connectivity index (χ0) is 11.3. The lowest BCUT2D eigenvalue weighted by Gasteiger charge is -2.33. The minimum Gasteiger partial charge on any atom is -0.453 e. The Morgan fingerprint density at radius 3 is 2.20 bits per heavy atom. The van der Waals surface area contributed by atoms with Gasteiger partial charge in [0.15, 0.2) is 0 Å². The van der Waals surface area contributed by atoms with E-state index in [2.05, 4.69) is 4.74 Å². The van der Waals surface area contributed by atoms with Gasteiger partial charge in [-0.15, -0.1) is 0 Å². The number of piperazine rings is 1. The summed E-state index contributed by atoms with van der Waals surface area (Å²) in [5.74, 6) is 0.0574. The molecule has 1 fully saturated rings. The van der Waals surface area contributed by atoms with Crippen molar-refractivity contribution in [3.8, 4) is 0 Å². The van der Waals surface area contributed by atoms with Gasteiger partial charge in [-0.25, -0.2) is 4.79 Å². The fourth-order valence-electron chi connectivity index (χ4n) is 1.55. The third kappa shape index (κ3) is 3.09. The highest BCUT2D eigenvalue weighted by Crippen LogP contribution is 2.04. The van der Waals surface area contributed by atoms with E-state index in [1.165, 1.54) is 7.11 Å². The molecule has 2 N–H and O–H groups in total. The molecule has 1 saturated heterocycles. The van der Waals surface area contributed by atoms with Crippen LogP contribution in [0.4, 0.5) is 4.79 Å². The summed E-state index contributed by atoms with van der Waals surface area (Å²) in [6, 6.07) is 0. The van der Waals surface area contributed by atoms with Crippen LogP contribution in [0, 0.1) is 0 Å². The summed E-state index contributed by atoms with van der Waals surface area (Å²) in [6.07, 6.45) is 0.0408. The van der Waals surface area contributed by atoms with Gasteiger partial charge in [0.2, 0.25) is 5.91 Å². The quantitative estimate of drug-likeness (QED) is 0.657. The number of amides is 2. The van der Waals surface area contributed by atoms with Gasteiger partial charge in [0.05, 0.1) is 7.11 Å². The highest BCUT2D eigenvalue weighted by Gasteiger charge is 2.23. The lowest BCUT2D eigenvalue weighted by Crippen LogP contribution is -2.50. The van der Waals surface area contributed by atoms with Crippen molar-refractivity contribution in [3.63, 3.8) is 0 Å². The van der Waals surface area contributed by atoms with Crippen LogP contribution in [-0.2, 0) is 9.53 Å². The van der Waals surface area contributed by atoms with Crippen LogP contribution in [0.1, 0.15) is 6.42 Å². The molecule has 6 nitrogen and oxygen atoms in total. The van der Waals surface area contributed by atoms with Crippen LogP contribution in [0.5, 0.6) is 0 Å². The Hall–Kier alpha value is -1.30. The summed E-state index contributed by atoms with van der Waals surface area (Å²) < 4.78 is 4.60. The Morgan fingerprint density at radius 2 is 1.73 bits per heavy atom. The van der Waals surface area contributed by atoms with Crippen LogP contribution < -0.4 is 5.73 Å². The number of rotatable bonds is 2. The lowest BCUT2D eigenvalue weighted by molar-refractivity contribution is -0.132. The van der Waals surface area contributed by atoms with E-state index in [4.69, 9.17) is 5.73 Å². The average Bonchev–Trinajstić information content (AvgIpc) is 2.28. The Morgan fingerprint density at radius 1 is 1.20 bits per heavy atom. The second-order valence-electron chi connectivity index (χ2n) is 3.38. The van der Waals surface area contributed by atoms with Crippen molar-refractivity contribution >= 4 is 12.0 Å². The van der Waals surface area contributed by atoms with Crippen LogP contribution in [0.25, 0.3) is 0 Å². The summed E-state index contributed by atoms with van der Waals surface area (Å²) in [5.41, 5.74) is 5.30. The topological polar surface area (TPSA) is 75.9 Å². The molecule has 0 bridgehead atoms. The molecule has 0 aromatic carbocycles. The molecule has 0 aliphatic carbocycles. The molecule has 0 saturated carbocycles. The first kappa shape index (κ1) is 11.8. The number of hydrogen-bond donors (Lipinski definition) is 1. The molecule has 15 heavy (non-hydrogen) atoms. The number of ether oxygens (including phenoxy) is 1. The molecule has 1 aliphatic heterocycles. The average molecular weight is 215 g/mol. The molecule has 86 valence electrons. The molecular formula is C9H17N3O3. The van der Waals surface area contributed by atoms with Crippen molar-refractivity contribution in [3.05, 3.63) is 0 Å². The van der Waals surface area contributed by atoms with Crippen molar-refractivity contribution in [2.24, 2.45) is 5.73 Å². The minimum absolute atomic E-state index is 0.0574. The third-order valence-corrected chi connectivity index (χ3v) is 2.42. The first-order chi connectivity index (χ1) is 7.19. The van der Waals surface area contributed by atoms with E-state index in [0.717, 1.165) is 0 Å². The summed E-state index contributed by atoms with van der Waals surface area (Å²) in [6.45, 7) is 2.56. The van der Waals surface area contributed by atoms with Crippen molar-refractivity contribution in [1.82, 2.24) is 9.80 Å². The molecule has 1 aliphatic rings. The van der Waals surface area contributed by atoms with Crippen LogP contribution in [0.2, 0.25) is 0 Å². The molecule has 0 unspecified atom stereocenters. The lowest BCUT2D eigenvalue weighted by atomic mass is 10.3. The first-order valence-electron chi connectivity index (χ1n) is 4.99. The van der Waals surface area contributed by atoms with Crippen LogP contribution in [0.15, 0.2) is 0 Å². The summed E-state index contributed by atoms with van der Waals surface area (Å²) in [5, 5.41) is 0. The van der Waals surface area contributed by atoms with Crippen LogP contribution in [0.3, 0.4) is 0 Å². The molecule has 6 heteroatoms. The molecule has 0 aromatic rings. The van der Waals surface area contributed by atoms with Gasteiger partial charge in [-0.3, -0.25) is 4.79 Å². The molecule has 0 radical (unpaired) electrons. The summed E-state index contributed by atoms with van der Waals surface area (Å²) in [4.78, 5) is 25.9. The Balaban J connectivity index is 2.35. The monoisotopic (exact) mass is 215 g/mol. The van der Waals surface area contributed by atoms with Gasteiger partial charge in [0.25, 0.3) is 0 Å². The number of carbonyl (C=O) groups is 2. The van der Waals surface area contributed by atoms with Gasteiger partial charge in [-0.05, 0) is 0 Å². The van der Waals surface area contributed by atoms with E-state index in [9.17, 15) is 9.59 Å². The van der Waals surface area contributed by atoms with E-state index < -0.39 is 0 Å². The van der Waals surface area contributed by atoms with Gasteiger partial charge in [-0.2, -0.15) is 0 Å². The molecule has 0 spiro atoms. The van der Waals surface area contributed by atoms with Crippen molar-refractivity contribution < 1.29 is 14.3 Å². The molecule has 1 heterocycles. The smallest absolute Gasteiger partial charge is 0.409 e. The summed E-state index contributed by atoms with van der Waals surface area (Å²) >= 11 is 0. The van der Waals surface area contributed by atoms with Crippen molar-refractivity contribution in [1.29, 1.82) is 0 Å². The molecular weight excluding hydrogens is 198 g/mol. The van der Waals surface area contributed by atoms with Gasteiger partial charge < -0.3 is 20.3 Å². The maximum atomic E-state index is 11.5. The van der Waals surface area contributed by atoms with Crippen LogP contribution >= 0.6 is 0 Å². The number of nitrogens with zero attached hydrogens (tertiary/aromatic N) is 2. The van der Waals surface area contributed by atoms with E-state index in [1.807, 2.05) is 0 Å². The van der Waals surface area contributed by atoms with E-state index in [-0.39, 0.29) is 12.0 Å². The third-order valence-electron chi connectivity index (χ3n) is 2.42.